The summed E-state index contributed by atoms with van der Waals surface area (Å²) in [6.45, 7) is 4.66. The molecule has 1 fully saturated rings. The zero-order chi connectivity index (χ0) is 17.0. The molecule has 126 valence electrons. The van der Waals surface area contributed by atoms with Gasteiger partial charge >= 0.3 is 5.97 Å². The summed E-state index contributed by atoms with van der Waals surface area (Å²) in [5.41, 5.74) is 1.43. The molecule has 1 heterocycles. The van der Waals surface area contributed by atoms with Crippen molar-refractivity contribution < 1.29 is 19.1 Å². The Morgan fingerprint density at radius 1 is 1.17 bits per heavy atom. The molecule has 0 aliphatic carbocycles. The molecule has 0 aromatic heterocycles. The Kier molecular flexibility index (Phi) is 5.60. The first-order valence-corrected chi connectivity index (χ1v) is 7.74. The van der Waals surface area contributed by atoms with Gasteiger partial charge in [0.05, 0.1) is 17.8 Å². The van der Waals surface area contributed by atoms with E-state index in [0.29, 0.717) is 18.7 Å². The van der Waals surface area contributed by atoms with Crippen LogP contribution in [-0.2, 0) is 14.3 Å². The van der Waals surface area contributed by atoms with Crippen molar-refractivity contribution in [3.63, 3.8) is 0 Å². The van der Waals surface area contributed by atoms with Crippen LogP contribution in [0.5, 0.6) is 0 Å². The molecule has 1 aromatic rings. The third kappa shape index (κ3) is 4.69. The number of nitrogens with zero attached hydrogens (tertiary/aromatic N) is 2. The first-order chi connectivity index (χ1) is 10.9. The predicted molar refractivity (Wildman–Crippen MR) is 87.6 cm³/mol. The van der Waals surface area contributed by atoms with Crippen molar-refractivity contribution in [2.45, 2.75) is 26.1 Å². The second kappa shape index (κ2) is 7.46. The molecule has 2 atom stereocenters. The molecular weight excluding hydrogens is 296 g/mol. The van der Waals surface area contributed by atoms with E-state index < -0.39 is 5.97 Å². The summed E-state index contributed by atoms with van der Waals surface area (Å²) in [5.74, 6) is -0.678. The topological polar surface area (TPSA) is 59.1 Å². The second-order valence-corrected chi connectivity index (χ2v) is 6.07. The number of rotatable bonds is 4. The fraction of sp³-hybridized carbons (Fsp3) is 0.529. The van der Waals surface area contributed by atoms with Gasteiger partial charge in [-0.3, -0.25) is 4.79 Å². The molecule has 0 unspecified atom stereocenters. The fourth-order valence-corrected chi connectivity index (χ4v) is 2.58. The Balaban J connectivity index is 1.87. The Bertz CT molecular complexity index is 546. The minimum Gasteiger partial charge on any atom is -0.452 e. The van der Waals surface area contributed by atoms with Gasteiger partial charge in [0.15, 0.2) is 6.61 Å². The van der Waals surface area contributed by atoms with E-state index in [1.807, 2.05) is 45.0 Å². The lowest BCUT2D eigenvalue weighted by Gasteiger charge is -2.35. The standard InChI is InChI=1S/C17H24N2O4/c1-12-9-19(10-13(2)23-12)16(20)11-22-17(21)14-5-7-15(8-6-14)18(3)4/h5-8,12-13H,9-11H2,1-4H3/t12-,13+. The number of carbonyl (C=O) groups is 2. The van der Waals surface area contributed by atoms with Crippen LogP contribution >= 0.6 is 0 Å². The largest absolute Gasteiger partial charge is 0.452 e. The molecule has 1 saturated heterocycles. The van der Waals surface area contributed by atoms with Gasteiger partial charge in [0.2, 0.25) is 0 Å². The molecule has 0 saturated carbocycles. The first-order valence-electron chi connectivity index (χ1n) is 7.74. The lowest BCUT2D eigenvalue weighted by molar-refractivity contribution is -0.146. The van der Waals surface area contributed by atoms with Gasteiger partial charge in [-0.25, -0.2) is 4.79 Å². The lowest BCUT2D eigenvalue weighted by Crippen LogP contribution is -2.49. The fourth-order valence-electron chi connectivity index (χ4n) is 2.58. The van der Waals surface area contributed by atoms with Crippen LogP contribution in [0.25, 0.3) is 0 Å². The average molecular weight is 320 g/mol. The lowest BCUT2D eigenvalue weighted by atomic mass is 10.2. The molecule has 1 amide bonds. The molecule has 0 radical (unpaired) electrons. The maximum absolute atomic E-state index is 12.2. The SMILES string of the molecule is C[C@@H]1CN(C(=O)COC(=O)c2ccc(N(C)C)cc2)C[C@H](C)O1. The van der Waals surface area contributed by atoms with E-state index in [4.69, 9.17) is 9.47 Å². The van der Waals surface area contributed by atoms with Gasteiger partial charge in [-0.05, 0) is 38.1 Å². The zero-order valence-corrected chi connectivity index (χ0v) is 14.1. The number of morpholine rings is 1. The average Bonchev–Trinajstić information content (AvgIpc) is 2.51. The number of esters is 1. The highest BCUT2D eigenvalue weighted by Crippen LogP contribution is 2.14. The van der Waals surface area contributed by atoms with Crippen molar-refractivity contribution in [2.24, 2.45) is 0 Å². The molecule has 0 N–H and O–H groups in total. The summed E-state index contributed by atoms with van der Waals surface area (Å²) in [5, 5.41) is 0. The zero-order valence-electron chi connectivity index (χ0n) is 14.1. The monoisotopic (exact) mass is 320 g/mol. The molecule has 6 heteroatoms. The van der Waals surface area contributed by atoms with E-state index in [0.717, 1.165) is 5.69 Å². The smallest absolute Gasteiger partial charge is 0.338 e. The second-order valence-electron chi connectivity index (χ2n) is 6.07. The Labute approximate surface area is 137 Å². The summed E-state index contributed by atoms with van der Waals surface area (Å²) in [6.07, 6.45) is -0.00559. The van der Waals surface area contributed by atoms with Crippen LogP contribution in [0.1, 0.15) is 24.2 Å². The van der Waals surface area contributed by atoms with Crippen LogP contribution in [0.3, 0.4) is 0 Å². The van der Waals surface area contributed by atoms with E-state index in [1.54, 1.807) is 17.0 Å². The quantitative estimate of drug-likeness (QED) is 0.788. The highest BCUT2D eigenvalue weighted by molar-refractivity contribution is 5.91. The minimum atomic E-state index is -0.488. The van der Waals surface area contributed by atoms with Gasteiger partial charge in [0.1, 0.15) is 0 Å². The van der Waals surface area contributed by atoms with E-state index in [9.17, 15) is 9.59 Å². The highest BCUT2D eigenvalue weighted by Gasteiger charge is 2.26. The number of benzene rings is 1. The van der Waals surface area contributed by atoms with Crippen LogP contribution in [0.4, 0.5) is 5.69 Å². The number of ether oxygens (including phenoxy) is 2. The van der Waals surface area contributed by atoms with Crippen LogP contribution < -0.4 is 4.90 Å². The van der Waals surface area contributed by atoms with Gasteiger partial charge < -0.3 is 19.3 Å². The number of hydrogen-bond acceptors (Lipinski definition) is 5. The molecule has 6 nitrogen and oxygen atoms in total. The number of carbonyl (C=O) groups excluding carboxylic acids is 2. The van der Waals surface area contributed by atoms with Crippen LogP contribution in [0.15, 0.2) is 24.3 Å². The van der Waals surface area contributed by atoms with Gasteiger partial charge in [0.25, 0.3) is 5.91 Å². The van der Waals surface area contributed by atoms with Crippen molar-refractivity contribution in [1.82, 2.24) is 4.90 Å². The third-order valence-electron chi connectivity index (χ3n) is 3.72. The van der Waals surface area contributed by atoms with Crippen molar-refractivity contribution in [3.8, 4) is 0 Å². The molecule has 0 spiro atoms. The Morgan fingerprint density at radius 3 is 2.26 bits per heavy atom. The van der Waals surface area contributed by atoms with Crippen molar-refractivity contribution in [1.29, 1.82) is 0 Å². The van der Waals surface area contributed by atoms with Crippen molar-refractivity contribution >= 4 is 17.6 Å². The Hall–Kier alpha value is -2.08. The van der Waals surface area contributed by atoms with E-state index >= 15 is 0 Å². The van der Waals surface area contributed by atoms with Gasteiger partial charge in [0, 0.05) is 32.9 Å². The van der Waals surface area contributed by atoms with Crippen molar-refractivity contribution in [3.05, 3.63) is 29.8 Å². The highest BCUT2D eigenvalue weighted by atomic mass is 16.5. The molecule has 0 bridgehead atoms. The van der Waals surface area contributed by atoms with Gasteiger partial charge in [-0.1, -0.05) is 0 Å². The molecule has 1 aliphatic rings. The minimum absolute atomic E-state index is 0.00280. The molecular formula is C17H24N2O4. The third-order valence-corrected chi connectivity index (χ3v) is 3.72. The summed E-state index contributed by atoms with van der Waals surface area (Å²) in [4.78, 5) is 27.8. The molecule has 1 aliphatic heterocycles. The number of amides is 1. The van der Waals surface area contributed by atoms with Gasteiger partial charge in [-0.2, -0.15) is 0 Å². The summed E-state index contributed by atoms with van der Waals surface area (Å²) >= 11 is 0. The maximum atomic E-state index is 12.2. The van der Waals surface area contributed by atoms with E-state index in [2.05, 4.69) is 0 Å². The van der Waals surface area contributed by atoms with Crippen LogP contribution in [-0.4, -0.2) is 62.8 Å². The van der Waals surface area contributed by atoms with Crippen LogP contribution in [0.2, 0.25) is 0 Å². The first kappa shape index (κ1) is 17.3. The maximum Gasteiger partial charge on any atom is 0.338 e. The van der Waals surface area contributed by atoms with Gasteiger partial charge in [-0.15, -0.1) is 0 Å². The normalized spacial score (nSPS) is 21.0. The number of hydrogen-bond donors (Lipinski definition) is 0. The van der Waals surface area contributed by atoms with E-state index in [-0.39, 0.29) is 24.7 Å². The predicted octanol–water partition coefficient (Wildman–Crippen LogP) is 1.55. The molecule has 1 aromatic carbocycles. The molecule has 23 heavy (non-hydrogen) atoms. The van der Waals surface area contributed by atoms with E-state index in [1.165, 1.54) is 0 Å². The molecule has 2 rings (SSSR count). The number of anilines is 1. The summed E-state index contributed by atoms with van der Waals surface area (Å²) < 4.78 is 10.7. The van der Waals surface area contributed by atoms with Crippen LogP contribution in [0, 0.1) is 0 Å². The summed E-state index contributed by atoms with van der Waals surface area (Å²) in [6, 6.07) is 7.07. The van der Waals surface area contributed by atoms with Crippen molar-refractivity contribution in [2.75, 3.05) is 38.7 Å². The summed E-state index contributed by atoms with van der Waals surface area (Å²) in [7, 11) is 3.85. The Morgan fingerprint density at radius 2 is 1.74 bits per heavy atom.